The van der Waals surface area contributed by atoms with Gasteiger partial charge in [0, 0.05) is 0 Å². The fourth-order valence-corrected chi connectivity index (χ4v) is 4.35. The van der Waals surface area contributed by atoms with E-state index >= 15 is 0 Å². The van der Waals surface area contributed by atoms with E-state index in [-0.39, 0.29) is 23.8 Å². The van der Waals surface area contributed by atoms with Crippen molar-refractivity contribution in [3.63, 3.8) is 0 Å². The van der Waals surface area contributed by atoms with Crippen molar-refractivity contribution in [3.8, 4) is 12.3 Å². The number of carbonyl (C=O) groups is 1. The Balaban J connectivity index is 2.48. The fourth-order valence-electron chi connectivity index (χ4n) is 2.40. The molecule has 2 amide bonds. The van der Waals surface area contributed by atoms with E-state index in [1.165, 1.54) is 4.90 Å². The van der Waals surface area contributed by atoms with Crippen molar-refractivity contribution in [2.24, 2.45) is 10.7 Å². The number of hydrogen-bond donors (Lipinski definition) is 1. The number of hydrogen-bond acceptors (Lipinski definition) is 4. The molecule has 0 aromatic heterocycles. The molecular formula is C10H13N3O3S. The lowest BCUT2D eigenvalue weighted by molar-refractivity contribution is 0.169. The van der Waals surface area contributed by atoms with Crippen molar-refractivity contribution in [2.75, 3.05) is 11.5 Å². The highest BCUT2D eigenvalue weighted by Gasteiger charge is 2.56. The zero-order valence-electron chi connectivity index (χ0n) is 9.38. The minimum absolute atomic E-state index is 0.00426. The first-order valence-corrected chi connectivity index (χ1v) is 6.99. The number of amidine groups is 1. The Bertz CT molecular complexity index is 546. The second kappa shape index (κ2) is 3.47. The van der Waals surface area contributed by atoms with Gasteiger partial charge in [0.2, 0.25) is 0 Å². The van der Waals surface area contributed by atoms with Gasteiger partial charge in [0.25, 0.3) is 0 Å². The first-order chi connectivity index (χ1) is 7.82. The van der Waals surface area contributed by atoms with Gasteiger partial charge in [0.15, 0.2) is 9.84 Å². The lowest BCUT2D eigenvalue weighted by atomic mass is 9.95. The van der Waals surface area contributed by atoms with Crippen molar-refractivity contribution >= 4 is 21.7 Å². The van der Waals surface area contributed by atoms with Crippen LogP contribution in [0.2, 0.25) is 0 Å². The van der Waals surface area contributed by atoms with Gasteiger partial charge in [0.05, 0.1) is 17.5 Å². The summed E-state index contributed by atoms with van der Waals surface area (Å²) in [5.41, 5.74) is 4.70. The van der Waals surface area contributed by atoms with Crippen molar-refractivity contribution < 1.29 is 13.2 Å². The minimum Gasteiger partial charge on any atom is -0.385 e. The van der Waals surface area contributed by atoms with E-state index in [1.54, 1.807) is 6.92 Å². The molecular weight excluding hydrogens is 242 g/mol. The molecule has 1 saturated heterocycles. The van der Waals surface area contributed by atoms with E-state index in [1.807, 2.05) is 0 Å². The number of nitrogens with zero attached hydrogens (tertiary/aromatic N) is 2. The number of aliphatic imine (C=N–C) groups is 1. The zero-order valence-corrected chi connectivity index (χ0v) is 10.2. The Hall–Kier alpha value is -1.55. The maximum absolute atomic E-state index is 11.7. The fraction of sp³-hybridized carbons (Fsp3) is 0.600. The van der Waals surface area contributed by atoms with Gasteiger partial charge in [-0.1, -0.05) is 5.92 Å². The van der Waals surface area contributed by atoms with Crippen LogP contribution in [0.5, 0.6) is 0 Å². The third-order valence-electron chi connectivity index (χ3n) is 3.27. The van der Waals surface area contributed by atoms with Gasteiger partial charge in [-0.05, 0) is 13.3 Å². The summed E-state index contributed by atoms with van der Waals surface area (Å²) in [4.78, 5) is 16.7. The zero-order chi connectivity index (χ0) is 12.8. The molecule has 0 aromatic carbocycles. The molecule has 0 saturated carbocycles. The SMILES string of the molecule is C#CC(C)N1C(=O)N=C(N)C12CCS(=O)(=O)C2. The standard InChI is InChI=1S/C10H13N3O3S/c1-3-7(2)13-9(14)12-8(11)10(13)4-5-17(15,16)6-10/h1,7H,4-6H2,2H3,(H2,11,12,14). The van der Waals surface area contributed by atoms with Crippen molar-refractivity contribution in [2.45, 2.75) is 24.9 Å². The summed E-state index contributed by atoms with van der Waals surface area (Å²) in [5.74, 6) is 2.30. The molecule has 2 aliphatic heterocycles. The minimum atomic E-state index is -3.19. The maximum atomic E-state index is 11.7. The normalized spacial score (nSPS) is 32.6. The number of rotatable bonds is 1. The molecule has 2 heterocycles. The summed E-state index contributed by atoms with van der Waals surface area (Å²) >= 11 is 0. The van der Waals surface area contributed by atoms with Crippen LogP contribution >= 0.6 is 0 Å². The van der Waals surface area contributed by atoms with Gasteiger partial charge < -0.3 is 5.73 Å². The highest BCUT2D eigenvalue weighted by Crippen LogP contribution is 2.35. The average molecular weight is 255 g/mol. The van der Waals surface area contributed by atoms with E-state index in [9.17, 15) is 13.2 Å². The van der Waals surface area contributed by atoms with Crippen LogP contribution in [0.1, 0.15) is 13.3 Å². The van der Waals surface area contributed by atoms with E-state index < -0.39 is 27.4 Å². The van der Waals surface area contributed by atoms with Crippen molar-refractivity contribution in [1.29, 1.82) is 0 Å². The third kappa shape index (κ3) is 1.60. The molecule has 6 nitrogen and oxygen atoms in total. The van der Waals surface area contributed by atoms with Gasteiger partial charge in [-0.15, -0.1) is 6.42 Å². The van der Waals surface area contributed by atoms with E-state index in [2.05, 4.69) is 10.9 Å². The number of terminal acetylenes is 1. The molecule has 1 fully saturated rings. The molecule has 17 heavy (non-hydrogen) atoms. The van der Waals surface area contributed by atoms with E-state index in [0.29, 0.717) is 0 Å². The number of urea groups is 1. The van der Waals surface area contributed by atoms with E-state index in [4.69, 9.17) is 12.2 Å². The predicted molar refractivity (Wildman–Crippen MR) is 63.2 cm³/mol. The van der Waals surface area contributed by atoms with E-state index in [0.717, 1.165) is 0 Å². The van der Waals surface area contributed by atoms with Gasteiger partial charge in [-0.3, -0.25) is 4.90 Å². The Morgan fingerprint density at radius 2 is 2.29 bits per heavy atom. The summed E-state index contributed by atoms with van der Waals surface area (Å²) in [6.07, 6.45) is 5.56. The molecule has 0 radical (unpaired) electrons. The Morgan fingerprint density at radius 3 is 2.76 bits per heavy atom. The molecule has 0 bridgehead atoms. The molecule has 2 aliphatic rings. The van der Waals surface area contributed by atoms with Crippen molar-refractivity contribution in [1.82, 2.24) is 4.90 Å². The Labute approximate surface area is 99.8 Å². The second-order valence-electron chi connectivity index (χ2n) is 4.37. The molecule has 7 heteroatoms. The second-order valence-corrected chi connectivity index (χ2v) is 6.55. The summed E-state index contributed by atoms with van der Waals surface area (Å²) < 4.78 is 23.2. The molecule has 92 valence electrons. The number of nitrogens with two attached hydrogens (primary N) is 1. The molecule has 1 spiro atoms. The highest BCUT2D eigenvalue weighted by atomic mass is 32.2. The largest absolute Gasteiger partial charge is 0.385 e. The van der Waals surface area contributed by atoms with Crippen LogP contribution in [0.15, 0.2) is 4.99 Å². The molecule has 2 rings (SSSR count). The smallest absolute Gasteiger partial charge is 0.347 e. The molecule has 0 aliphatic carbocycles. The van der Waals surface area contributed by atoms with Gasteiger partial charge in [-0.2, -0.15) is 4.99 Å². The molecule has 2 unspecified atom stereocenters. The van der Waals surface area contributed by atoms with Crippen LogP contribution < -0.4 is 5.73 Å². The summed E-state index contributed by atoms with van der Waals surface area (Å²) in [6, 6.07) is -1.08. The van der Waals surface area contributed by atoms with Gasteiger partial charge in [-0.25, -0.2) is 13.2 Å². The topological polar surface area (TPSA) is 92.8 Å². The maximum Gasteiger partial charge on any atom is 0.347 e. The highest BCUT2D eigenvalue weighted by molar-refractivity contribution is 7.91. The van der Waals surface area contributed by atoms with Crippen LogP contribution in [0.4, 0.5) is 4.79 Å². The van der Waals surface area contributed by atoms with Gasteiger partial charge in [0.1, 0.15) is 11.4 Å². The first-order valence-electron chi connectivity index (χ1n) is 5.17. The lowest BCUT2D eigenvalue weighted by Gasteiger charge is -2.35. The Kier molecular flexibility index (Phi) is 2.43. The van der Waals surface area contributed by atoms with Gasteiger partial charge >= 0.3 is 6.03 Å². The van der Waals surface area contributed by atoms with Crippen LogP contribution in [-0.4, -0.2) is 48.3 Å². The van der Waals surface area contributed by atoms with Crippen molar-refractivity contribution in [3.05, 3.63) is 0 Å². The third-order valence-corrected chi connectivity index (χ3v) is 5.02. The Morgan fingerprint density at radius 1 is 1.65 bits per heavy atom. The number of amides is 2. The molecule has 2 atom stereocenters. The van der Waals surface area contributed by atoms with Crippen LogP contribution in [0.3, 0.4) is 0 Å². The quantitative estimate of drug-likeness (QED) is 0.631. The first kappa shape index (κ1) is 11.9. The number of carbonyl (C=O) groups excluding carboxylic acids is 1. The molecule has 2 N–H and O–H groups in total. The van der Waals surface area contributed by atoms with Crippen LogP contribution in [-0.2, 0) is 9.84 Å². The predicted octanol–water partition coefficient (Wildman–Crippen LogP) is -0.642. The summed E-state index contributed by atoms with van der Waals surface area (Å²) in [6.45, 7) is 1.65. The summed E-state index contributed by atoms with van der Waals surface area (Å²) in [5, 5.41) is 0. The van der Waals surface area contributed by atoms with Crippen LogP contribution in [0, 0.1) is 12.3 Å². The van der Waals surface area contributed by atoms with Crippen LogP contribution in [0.25, 0.3) is 0 Å². The lowest BCUT2D eigenvalue weighted by Crippen LogP contribution is -2.57. The summed E-state index contributed by atoms with van der Waals surface area (Å²) in [7, 11) is -3.19. The monoisotopic (exact) mass is 255 g/mol. The average Bonchev–Trinajstić information content (AvgIpc) is 2.66. The number of sulfone groups is 1. The molecule has 0 aromatic rings.